The Labute approximate surface area is 107 Å². The average molecular weight is 261 g/mol. The van der Waals surface area contributed by atoms with Crippen molar-refractivity contribution in [1.29, 1.82) is 0 Å². The van der Waals surface area contributed by atoms with Crippen molar-refractivity contribution in [3.8, 4) is 22.5 Å². The molecule has 0 aromatic carbocycles. The van der Waals surface area contributed by atoms with Crippen molar-refractivity contribution >= 4 is 17.3 Å². The molecule has 0 atom stereocenters. The molecule has 92 valence electrons. The summed E-state index contributed by atoms with van der Waals surface area (Å²) in [5, 5.41) is 7.77. The van der Waals surface area contributed by atoms with Gasteiger partial charge in [0.05, 0.1) is 23.5 Å². The van der Waals surface area contributed by atoms with Gasteiger partial charge in [0.1, 0.15) is 5.69 Å². The maximum Gasteiger partial charge on any atom is 0.356 e. The van der Waals surface area contributed by atoms with Gasteiger partial charge in [0.15, 0.2) is 0 Å². The smallest absolute Gasteiger partial charge is 0.356 e. The number of thiazole rings is 1. The second-order valence-corrected chi connectivity index (χ2v) is 4.51. The number of hydrogen-bond donors (Lipinski definition) is 2. The molecule has 1 aromatic rings. The molecule has 2 heterocycles. The van der Waals surface area contributed by atoms with Crippen LogP contribution >= 0.6 is 11.3 Å². The lowest BCUT2D eigenvalue weighted by molar-refractivity contribution is 0.0520. The molecule has 2 N–H and O–H groups in total. The number of nitrogens with one attached hydrogen (secondary N) is 2. The molecule has 0 amide bonds. The maximum atomic E-state index is 11.7. The summed E-state index contributed by atoms with van der Waals surface area (Å²) in [6.07, 6.45) is 0. The van der Waals surface area contributed by atoms with Crippen LogP contribution in [-0.2, 0) is 4.74 Å². The van der Waals surface area contributed by atoms with Gasteiger partial charge in [-0.3, -0.25) is 10.2 Å². The molecule has 0 radical (unpaired) electrons. The van der Waals surface area contributed by atoms with Crippen LogP contribution in [0.15, 0.2) is 23.0 Å². The zero-order valence-corrected chi connectivity index (χ0v) is 10.5. The molecular formula is C12H11N3O2S. The van der Waals surface area contributed by atoms with E-state index in [0.29, 0.717) is 12.3 Å². The number of carbonyl (C=O) groups is 1. The average Bonchev–Trinajstić information content (AvgIpc) is 3.04. The van der Waals surface area contributed by atoms with Crippen molar-refractivity contribution in [2.45, 2.75) is 6.92 Å². The number of ether oxygens (including phenoxy) is 1. The molecule has 18 heavy (non-hydrogen) atoms. The SMILES string of the molecule is CCOC(=O)c1[nH][nH]c2cc(-c3cscn3)cc1-2. The second-order valence-electron chi connectivity index (χ2n) is 3.79. The van der Waals surface area contributed by atoms with E-state index in [0.717, 1.165) is 22.5 Å². The first kappa shape index (κ1) is 11.0. The molecule has 0 bridgehead atoms. The Morgan fingerprint density at radius 3 is 3.06 bits per heavy atom. The molecule has 1 aliphatic heterocycles. The van der Waals surface area contributed by atoms with Gasteiger partial charge in [-0.2, -0.15) is 0 Å². The predicted molar refractivity (Wildman–Crippen MR) is 68.8 cm³/mol. The van der Waals surface area contributed by atoms with Crippen molar-refractivity contribution in [1.82, 2.24) is 15.2 Å². The number of aromatic amines is 2. The lowest BCUT2D eigenvalue weighted by Crippen LogP contribution is -2.05. The summed E-state index contributed by atoms with van der Waals surface area (Å²) >= 11 is 1.54. The minimum atomic E-state index is -0.348. The van der Waals surface area contributed by atoms with Crippen LogP contribution in [0.1, 0.15) is 17.4 Å². The number of fused-ring (bicyclic) bond motifs is 1. The van der Waals surface area contributed by atoms with Crippen LogP contribution < -0.4 is 0 Å². The van der Waals surface area contributed by atoms with E-state index < -0.39 is 0 Å². The summed E-state index contributed by atoms with van der Waals surface area (Å²) in [5.41, 5.74) is 5.86. The summed E-state index contributed by atoms with van der Waals surface area (Å²) in [5.74, 6) is -0.348. The van der Waals surface area contributed by atoms with E-state index in [1.54, 1.807) is 23.8 Å². The third-order valence-electron chi connectivity index (χ3n) is 2.69. The zero-order valence-electron chi connectivity index (χ0n) is 9.69. The van der Waals surface area contributed by atoms with Crippen molar-refractivity contribution in [2.24, 2.45) is 0 Å². The standard InChI is InChI=1S/C12H11N3O2S/c1-2-17-12(16)11-8-3-7(4-9(8)14-15-11)10-5-18-6-13-10/h3-6,14-15H,2H2,1H3. The third kappa shape index (κ3) is 1.70. The van der Waals surface area contributed by atoms with Gasteiger partial charge in [-0.1, -0.05) is 0 Å². The van der Waals surface area contributed by atoms with Crippen LogP contribution in [0.2, 0.25) is 0 Å². The van der Waals surface area contributed by atoms with Crippen molar-refractivity contribution in [3.05, 3.63) is 28.7 Å². The topological polar surface area (TPSA) is 70.8 Å². The molecule has 0 fully saturated rings. The highest BCUT2D eigenvalue weighted by atomic mass is 32.1. The van der Waals surface area contributed by atoms with Crippen LogP contribution in [0.3, 0.4) is 0 Å². The first-order valence-electron chi connectivity index (χ1n) is 5.55. The zero-order chi connectivity index (χ0) is 12.5. The van der Waals surface area contributed by atoms with E-state index in [2.05, 4.69) is 15.2 Å². The molecule has 0 saturated heterocycles. The number of carbonyl (C=O) groups excluding carboxylic acids is 1. The number of aromatic nitrogens is 3. The highest BCUT2D eigenvalue weighted by molar-refractivity contribution is 7.07. The molecule has 6 heteroatoms. The molecule has 0 saturated carbocycles. The fourth-order valence-electron chi connectivity index (χ4n) is 1.88. The minimum Gasteiger partial charge on any atom is -0.461 e. The second kappa shape index (κ2) is 4.30. The third-order valence-corrected chi connectivity index (χ3v) is 3.28. The molecule has 2 aliphatic rings. The minimum absolute atomic E-state index is 0.348. The van der Waals surface area contributed by atoms with Crippen LogP contribution in [0, 0.1) is 0 Å². The first-order valence-corrected chi connectivity index (χ1v) is 6.49. The van der Waals surface area contributed by atoms with Gasteiger partial charge < -0.3 is 4.74 Å². The van der Waals surface area contributed by atoms with E-state index in [1.807, 2.05) is 17.5 Å². The van der Waals surface area contributed by atoms with Gasteiger partial charge in [-0.15, -0.1) is 11.3 Å². The molecule has 1 aromatic heterocycles. The monoisotopic (exact) mass is 261 g/mol. The summed E-state index contributed by atoms with van der Waals surface area (Å²) < 4.78 is 4.99. The Balaban J connectivity index is 2.02. The van der Waals surface area contributed by atoms with Crippen molar-refractivity contribution in [3.63, 3.8) is 0 Å². The van der Waals surface area contributed by atoms with E-state index in [-0.39, 0.29) is 5.97 Å². The molecule has 0 spiro atoms. The van der Waals surface area contributed by atoms with Crippen LogP contribution in [0.5, 0.6) is 0 Å². The highest BCUT2D eigenvalue weighted by Crippen LogP contribution is 2.33. The number of rotatable bonds is 3. The van der Waals surface area contributed by atoms with Gasteiger partial charge in [0.25, 0.3) is 0 Å². The van der Waals surface area contributed by atoms with E-state index in [9.17, 15) is 4.79 Å². The Hall–Kier alpha value is -2.08. The summed E-state index contributed by atoms with van der Waals surface area (Å²) in [6, 6.07) is 3.90. The predicted octanol–water partition coefficient (Wildman–Crippen LogP) is 2.75. The largest absolute Gasteiger partial charge is 0.461 e. The number of esters is 1. The van der Waals surface area contributed by atoms with Crippen LogP contribution in [-0.4, -0.2) is 27.8 Å². The lowest BCUT2D eigenvalue weighted by Gasteiger charge is -1.98. The van der Waals surface area contributed by atoms with Crippen LogP contribution in [0.25, 0.3) is 22.5 Å². The summed E-state index contributed by atoms with van der Waals surface area (Å²) in [6.45, 7) is 2.15. The lowest BCUT2D eigenvalue weighted by atomic mass is 10.2. The number of nitrogens with zero attached hydrogens (tertiary/aromatic N) is 1. The fraction of sp³-hybridized carbons (Fsp3) is 0.167. The Morgan fingerprint density at radius 1 is 1.44 bits per heavy atom. The molecule has 1 aliphatic carbocycles. The van der Waals surface area contributed by atoms with Gasteiger partial charge in [-0.25, -0.2) is 9.78 Å². The van der Waals surface area contributed by atoms with E-state index in [1.165, 1.54) is 0 Å². The Kier molecular flexibility index (Phi) is 2.64. The van der Waals surface area contributed by atoms with Gasteiger partial charge >= 0.3 is 5.97 Å². The molecule has 0 unspecified atom stereocenters. The molecular weight excluding hydrogens is 250 g/mol. The van der Waals surface area contributed by atoms with E-state index in [4.69, 9.17) is 4.74 Å². The van der Waals surface area contributed by atoms with E-state index >= 15 is 0 Å². The fourth-order valence-corrected chi connectivity index (χ4v) is 2.44. The van der Waals surface area contributed by atoms with Gasteiger partial charge in [0, 0.05) is 16.5 Å². The van der Waals surface area contributed by atoms with Crippen molar-refractivity contribution < 1.29 is 9.53 Å². The quantitative estimate of drug-likeness (QED) is 0.712. The summed E-state index contributed by atoms with van der Waals surface area (Å²) in [7, 11) is 0. The van der Waals surface area contributed by atoms with Crippen LogP contribution in [0.4, 0.5) is 0 Å². The maximum absolute atomic E-state index is 11.7. The number of hydrogen-bond acceptors (Lipinski definition) is 4. The summed E-state index contributed by atoms with van der Waals surface area (Å²) in [4.78, 5) is 16.0. The number of H-pyrrole nitrogens is 2. The van der Waals surface area contributed by atoms with Gasteiger partial charge in [0.2, 0.25) is 0 Å². The van der Waals surface area contributed by atoms with Crippen molar-refractivity contribution in [2.75, 3.05) is 6.61 Å². The normalized spacial score (nSPS) is 10.9. The highest BCUT2D eigenvalue weighted by Gasteiger charge is 2.21. The van der Waals surface area contributed by atoms with Gasteiger partial charge in [-0.05, 0) is 19.1 Å². The molecule has 3 rings (SSSR count). The molecule has 5 nitrogen and oxygen atoms in total. The Bertz CT molecular complexity index is 638. The Morgan fingerprint density at radius 2 is 2.33 bits per heavy atom. The first-order chi connectivity index (χ1) is 8.79.